The van der Waals surface area contributed by atoms with Crippen LogP contribution in [-0.4, -0.2) is 11.7 Å². The number of hydrogen-bond donors (Lipinski definition) is 1. The molecule has 0 fully saturated rings. The zero-order valence-electron chi connectivity index (χ0n) is 10.1. The van der Waals surface area contributed by atoms with Crippen molar-refractivity contribution in [3.8, 4) is 5.75 Å². The average molecular weight is 286 g/mol. The normalized spacial score (nSPS) is 12.2. The van der Waals surface area contributed by atoms with Gasteiger partial charge in [-0.1, -0.05) is 12.1 Å². The van der Waals surface area contributed by atoms with E-state index >= 15 is 0 Å². The maximum absolute atomic E-state index is 13.4. The average Bonchev–Trinajstić information content (AvgIpc) is 2.42. The Morgan fingerprint density at radius 3 is 2.50 bits per heavy atom. The Balaban J connectivity index is 2.10. The molecule has 0 aromatic heterocycles. The van der Waals surface area contributed by atoms with E-state index in [2.05, 4.69) is 0 Å². The minimum Gasteiger partial charge on any atom is -0.487 e. The number of aliphatic hydroxyl groups is 1. The largest absolute Gasteiger partial charge is 0.487 e. The monoisotopic (exact) mass is 286 g/mol. The fraction of sp³-hybridized carbons (Fsp3) is 0.143. The summed E-state index contributed by atoms with van der Waals surface area (Å²) in [6, 6.07) is 5.86. The Kier molecular flexibility index (Phi) is 4.24. The van der Waals surface area contributed by atoms with Crippen molar-refractivity contribution in [2.24, 2.45) is 0 Å². The summed E-state index contributed by atoms with van der Waals surface area (Å²) in [6.07, 6.45) is -1.51. The minimum absolute atomic E-state index is 0.318. The van der Waals surface area contributed by atoms with Gasteiger partial charge >= 0.3 is 0 Å². The van der Waals surface area contributed by atoms with Crippen molar-refractivity contribution in [3.63, 3.8) is 0 Å². The first kappa shape index (κ1) is 14.3. The minimum atomic E-state index is -1.51. The van der Waals surface area contributed by atoms with E-state index in [9.17, 15) is 22.7 Å². The lowest BCUT2D eigenvalue weighted by molar-refractivity contribution is 0.102. The van der Waals surface area contributed by atoms with Gasteiger partial charge in [0, 0.05) is 11.6 Å². The van der Waals surface area contributed by atoms with Gasteiger partial charge in [-0.2, -0.15) is 0 Å². The van der Waals surface area contributed by atoms with Crippen LogP contribution in [0.25, 0.3) is 0 Å². The zero-order chi connectivity index (χ0) is 14.7. The van der Waals surface area contributed by atoms with Gasteiger partial charge in [-0.05, 0) is 18.2 Å². The zero-order valence-corrected chi connectivity index (χ0v) is 10.1. The molecule has 0 aliphatic carbocycles. The van der Waals surface area contributed by atoms with Crippen LogP contribution in [0.5, 0.6) is 5.75 Å². The number of halogens is 4. The molecular formula is C14H10F4O2. The van der Waals surface area contributed by atoms with Crippen molar-refractivity contribution < 1.29 is 27.4 Å². The van der Waals surface area contributed by atoms with Gasteiger partial charge in [0.2, 0.25) is 0 Å². The van der Waals surface area contributed by atoms with E-state index in [0.717, 1.165) is 24.3 Å². The first-order valence-electron chi connectivity index (χ1n) is 5.69. The van der Waals surface area contributed by atoms with Gasteiger partial charge < -0.3 is 9.84 Å². The topological polar surface area (TPSA) is 29.5 Å². The molecule has 2 aromatic carbocycles. The molecule has 2 aromatic rings. The number of benzene rings is 2. The lowest BCUT2D eigenvalue weighted by Crippen LogP contribution is -2.12. The molecule has 6 heteroatoms. The Hall–Kier alpha value is -2.08. The van der Waals surface area contributed by atoms with Crippen LogP contribution in [0.2, 0.25) is 0 Å². The molecule has 20 heavy (non-hydrogen) atoms. The summed E-state index contributed by atoms with van der Waals surface area (Å²) in [5.74, 6) is -4.27. The smallest absolute Gasteiger partial charge is 0.165 e. The standard InChI is InChI=1S/C14H10F4O2/c15-8-4-5-10(16)13(6-8)20-7-12(19)9-2-1-3-11(17)14(9)18/h1-6,12,19H,7H2. The van der Waals surface area contributed by atoms with Crippen molar-refractivity contribution in [1.82, 2.24) is 0 Å². The second-order valence-corrected chi connectivity index (χ2v) is 4.04. The van der Waals surface area contributed by atoms with Gasteiger partial charge in [0.05, 0.1) is 0 Å². The summed E-state index contributed by atoms with van der Waals surface area (Å²) in [6.45, 7) is -0.541. The van der Waals surface area contributed by atoms with Crippen molar-refractivity contribution in [3.05, 3.63) is 65.2 Å². The van der Waals surface area contributed by atoms with Crippen LogP contribution in [0.3, 0.4) is 0 Å². The van der Waals surface area contributed by atoms with Crippen LogP contribution < -0.4 is 4.74 Å². The third-order valence-electron chi connectivity index (χ3n) is 2.63. The molecule has 1 unspecified atom stereocenters. The number of hydrogen-bond acceptors (Lipinski definition) is 2. The van der Waals surface area contributed by atoms with Gasteiger partial charge in [0.1, 0.15) is 18.5 Å². The van der Waals surface area contributed by atoms with Crippen LogP contribution in [0, 0.1) is 23.3 Å². The fourth-order valence-electron chi connectivity index (χ4n) is 1.62. The highest BCUT2D eigenvalue weighted by Gasteiger charge is 2.17. The van der Waals surface area contributed by atoms with Crippen LogP contribution in [0.15, 0.2) is 36.4 Å². The van der Waals surface area contributed by atoms with Crippen LogP contribution in [-0.2, 0) is 0 Å². The molecule has 0 saturated carbocycles. The molecule has 0 spiro atoms. The van der Waals surface area contributed by atoms with Crippen LogP contribution in [0.1, 0.15) is 11.7 Å². The van der Waals surface area contributed by atoms with E-state index in [1.165, 1.54) is 12.1 Å². The maximum Gasteiger partial charge on any atom is 0.165 e. The molecule has 0 bridgehead atoms. The molecule has 1 atom stereocenters. The van der Waals surface area contributed by atoms with Crippen molar-refractivity contribution >= 4 is 0 Å². The van der Waals surface area contributed by atoms with Gasteiger partial charge in [-0.3, -0.25) is 0 Å². The molecule has 106 valence electrons. The summed E-state index contributed by atoms with van der Waals surface area (Å²) in [5, 5.41) is 9.70. The number of ether oxygens (including phenoxy) is 1. The quantitative estimate of drug-likeness (QED) is 0.873. The van der Waals surface area contributed by atoms with E-state index in [1.807, 2.05) is 0 Å². The van der Waals surface area contributed by atoms with E-state index in [4.69, 9.17) is 4.74 Å². The Morgan fingerprint density at radius 1 is 1.00 bits per heavy atom. The Morgan fingerprint density at radius 2 is 1.75 bits per heavy atom. The lowest BCUT2D eigenvalue weighted by Gasteiger charge is -2.14. The molecule has 0 radical (unpaired) electrons. The molecule has 0 heterocycles. The highest BCUT2D eigenvalue weighted by molar-refractivity contribution is 5.26. The van der Waals surface area contributed by atoms with E-state index < -0.39 is 41.7 Å². The Labute approximate surface area is 112 Å². The lowest BCUT2D eigenvalue weighted by atomic mass is 10.1. The van der Waals surface area contributed by atoms with E-state index in [-0.39, 0.29) is 5.56 Å². The molecule has 2 nitrogen and oxygen atoms in total. The molecule has 0 amide bonds. The summed E-state index contributed by atoms with van der Waals surface area (Å²) in [7, 11) is 0. The van der Waals surface area contributed by atoms with Crippen LogP contribution >= 0.6 is 0 Å². The summed E-state index contributed by atoms with van der Waals surface area (Å²) < 4.78 is 57.4. The van der Waals surface area contributed by atoms with Crippen molar-refractivity contribution in [2.75, 3.05) is 6.61 Å². The first-order chi connectivity index (χ1) is 9.49. The Bertz CT molecular complexity index is 616. The molecule has 2 rings (SSSR count). The van der Waals surface area contributed by atoms with Gasteiger partial charge in [-0.15, -0.1) is 0 Å². The van der Waals surface area contributed by atoms with Gasteiger partial charge in [0.25, 0.3) is 0 Å². The van der Waals surface area contributed by atoms with Gasteiger partial charge in [-0.25, -0.2) is 17.6 Å². The summed E-state index contributed by atoms with van der Waals surface area (Å²) >= 11 is 0. The molecule has 0 aliphatic heterocycles. The molecular weight excluding hydrogens is 276 g/mol. The maximum atomic E-state index is 13.4. The number of aliphatic hydroxyl groups excluding tert-OH is 1. The molecule has 0 aliphatic rings. The van der Waals surface area contributed by atoms with Crippen molar-refractivity contribution in [2.45, 2.75) is 6.10 Å². The molecule has 1 N–H and O–H groups in total. The fourth-order valence-corrected chi connectivity index (χ4v) is 1.62. The highest BCUT2D eigenvalue weighted by Crippen LogP contribution is 2.23. The summed E-state index contributed by atoms with van der Waals surface area (Å²) in [5.41, 5.74) is -0.318. The predicted octanol–water partition coefficient (Wildman–Crippen LogP) is 3.36. The van der Waals surface area contributed by atoms with Crippen molar-refractivity contribution in [1.29, 1.82) is 0 Å². The number of rotatable bonds is 4. The third kappa shape index (κ3) is 3.08. The predicted molar refractivity (Wildman–Crippen MR) is 63.2 cm³/mol. The van der Waals surface area contributed by atoms with E-state index in [1.54, 1.807) is 0 Å². The SMILES string of the molecule is OC(COc1cc(F)ccc1F)c1cccc(F)c1F. The first-order valence-corrected chi connectivity index (χ1v) is 5.69. The third-order valence-corrected chi connectivity index (χ3v) is 2.63. The van der Waals surface area contributed by atoms with Gasteiger partial charge in [0.15, 0.2) is 23.2 Å². The summed E-state index contributed by atoms with van der Waals surface area (Å²) in [4.78, 5) is 0. The second kappa shape index (κ2) is 5.92. The second-order valence-electron chi connectivity index (χ2n) is 4.04. The van der Waals surface area contributed by atoms with E-state index in [0.29, 0.717) is 0 Å². The molecule has 0 saturated heterocycles. The van der Waals surface area contributed by atoms with Crippen LogP contribution in [0.4, 0.5) is 17.6 Å². The highest BCUT2D eigenvalue weighted by atomic mass is 19.2.